The van der Waals surface area contributed by atoms with Crippen LogP contribution in [0.5, 0.6) is 5.75 Å². The number of amides is 1. The molecule has 3 aliphatic heterocycles. The van der Waals surface area contributed by atoms with Gasteiger partial charge in [0, 0.05) is 66.9 Å². The second-order valence-electron chi connectivity index (χ2n) is 13.6. The van der Waals surface area contributed by atoms with Gasteiger partial charge in [0.15, 0.2) is 12.4 Å². The summed E-state index contributed by atoms with van der Waals surface area (Å²) in [5.41, 5.74) is 4.25. The monoisotopic (exact) mass is 672 g/mol. The Hall–Kier alpha value is -4.70. The molecule has 0 radical (unpaired) electrons. The Balaban J connectivity index is 1.37. The number of carbonyl (C=O) groups is 1. The fourth-order valence-corrected chi connectivity index (χ4v) is 7.69. The highest BCUT2D eigenvalue weighted by molar-refractivity contribution is 6.05. The van der Waals surface area contributed by atoms with Crippen LogP contribution in [0.1, 0.15) is 42.6 Å². The zero-order chi connectivity index (χ0) is 34.5. The largest absolute Gasteiger partial charge is 0.481 e. The molecule has 7 rings (SSSR count). The van der Waals surface area contributed by atoms with Gasteiger partial charge in [0.2, 0.25) is 12.5 Å². The summed E-state index contributed by atoms with van der Waals surface area (Å²) in [5, 5.41) is 8.68. The molecule has 3 fully saturated rings. The quantitative estimate of drug-likeness (QED) is 0.174. The van der Waals surface area contributed by atoms with Gasteiger partial charge in [0.1, 0.15) is 17.2 Å². The van der Waals surface area contributed by atoms with Crippen molar-refractivity contribution in [3.63, 3.8) is 0 Å². The first-order valence-electron chi connectivity index (χ1n) is 16.7. The van der Waals surface area contributed by atoms with Crippen LogP contribution in [0.2, 0.25) is 0 Å². The van der Waals surface area contributed by atoms with Crippen LogP contribution in [0.4, 0.5) is 19.0 Å². The number of aryl methyl sites for hydroxylation is 2. The molecule has 256 valence electrons. The fraction of sp³-hybridized carbons (Fsp3) is 0.472. The van der Waals surface area contributed by atoms with E-state index in [9.17, 15) is 18.0 Å². The predicted octanol–water partition coefficient (Wildman–Crippen LogP) is 5.92. The van der Waals surface area contributed by atoms with Crippen molar-refractivity contribution in [2.75, 3.05) is 63.9 Å². The normalized spacial score (nSPS) is 18.0. The number of nitrogens with zero attached hydrogens (tertiary/aromatic N) is 7. The number of H-pyrrole nitrogens is 1. The number of nitrogens with one attached hydrogen (secondary N) is 1. The highest BCUT2D eigenvalue weighted by Crippen LogP contribution is 2.48. The number of hydrogen-bond acceptors (Lipinski definition) is 7. The van der Waals surface area contributed by atoms with Crippen molar-refractivity contribution in [2.24, 2.45) is 5.41 Å². The van der Waals surface area contributed by atoms with E-state index in [-0.39, 0.29) is 23.0 Å². The summed E-state index contributed by atoms with van der Waals surface area (Å²) in [6, 6.07) is 5.88. The van der Waals surface area contributed by atoms with Gasteiger partial charge in [-0.1, -0.05) is 19.6 Å². The van der Waals surface area contributed by atoms with E-state index in [0.717, 1.165) is 40.4 Å². The fourth-order valence-electron chi connectivity index (χ4n) is 7.69. The van der Waals surface area contributed by atoms with Crippen LogP contribution >= 0.6 is 0 Å². The van der Waals surface area contributed by atoms with Gasteiger partial charge in [-0.15, -0.1) is 0 Å². The SMILES string of the molecule is [C-]#[N+]CCN1CC(c2nc(N3CCC4(CC3)CN(C(=O)C=C)C4)c3cc(CC)c(-c4c(C)ccc5[nH]ncc45)c(OCC(F)(F)F)c3n2)C1. The highest BCUT2D eigenvalue weighted by atomic mass is 19.4. The van der Waals surface area contributed by atoms with E-state index in [1.54, 1.807) is 6.20 Å². The maximum atomic E-state index is 13.9. The molecule has 1 N–H and O–H groups in total. The summed E-state index contributed by atoms with van der Waals surface area (Å²) in [7, 11) is 0. The van der Waals surface area contributed by atoms with Crippen molar-refractivity contribution < 1.29 is 22.7 Å². The summed E-state index contributed by atoms with van der Waals surface area (Å²) in [4.78, 5) is 32.0. The summed E-state index contributed by atoms with van der Waals surface area (Å²) < 4.78 is 47.6. The number of aromatic amines is 1. The minimum Gasteiger partial charge on any atom is -0.481 e. The number of alkyl halides is 3. The summed E-state index contributed by atoms with van der Waals surface area (Å²) >= 11 is 0. The molecule has 0 saturated carbocycles. The lowest BCUT2D eigenvalue weighted by Crippen LogP contribution is -2.61. The maximum absolute atomic E-state index is 13.9. The van der Waals surface area contributed by atoms with Gasteiger partial charge in [-0.3, -0.25) is 14.8 Å². The van der Waals surface area contributed by atoms with E-state index in [2.05, 4.69) is 31.4 Å². The molecular formula is C36H39F3N8O2. The summed E-state index contributed by atoms with van der Waals surface area (Å²) in [5.74, 6) is 1.28. The average molecular weight is 673 g/mol. The van der Waals surface area contributed by atoms with Gasteiger partial charge < -0.3 is 19.4 Å². The molecule has 0 unspecified atom stereocenters. The Bertz CT molecular complexity index is 1960. The van der Waals surface area contributed by atoms with Gasteiger partial charge in [-0.25, -0.2) is 16.5 Å². The molecule has 0 atom stereocenters. The molecule has 2 aromatic carbocycles. The van der Waals surface area contributed by atoms with E-state index in [1.807, 2.05) is 36.9 Å². The molecular weight excluding hydrogens is 633 g/mol. The molecule has 5 heterocycles. The number of anilines is 1. The highest BCUT2D eigenvalue weighted by Gasteiger charge is 2.46. The van der Waals surface area contributed by atoms with Gasteiger partial charge in [0.25, 0.3) is 0 Å². The minimum absolute atomic E-state index is 0.0288. The third-order valence-electron chi connectivity index (χ3n) is 10.4. The Morgan fingerprint density at radius 2 is 1.94 bits per heavy atom. The molecule has 2 aromatic heterocycles. The second kappa shape index (κ2) is 12.6. The lowest BCUT2D eigenvalue weighted by molar-refractivity contribution is -0.153. The Morgan fingerprint density at radius 1 is 1.18 bits per heavy atom. The van der Waals surface area contributed by atoms with Crippen LogP contribution < -0.4 is 9.64 Å². The molecule has 4 aromatic rings. The Labute approximate surface area is 282 Å². The Kier molecular flexibility index (Phi) is 8.47. The topological polar surface area (TPSA) is 94.8 Å². The van der Waals surface area contributed by atoms with Crippen molar-refractivity contribution >= 4 is 33.5 Å². The van der Waals surface area contributed by atoms with E-state index < -0.39 is 12.8 Å². The first-order chi connectivity index (χ1) is 23.5. The third-order valence-corrected chi connectivity index (χ3v) is 10.4. The van der Waals surface area contributed by atoms with Crippen molar-refractivity contribution in [3.05, 3.63) is 65.4 Å². The van der Waals surface area contributed by atoms with Crippen LogP contribution in [0.25, 0.3) is 37.8 Å². The van der Waals surface area contributed by atoms with Gasteiger partial charge in [0.05, 0.1) is 18.3 Å². The number of carbonyl (C=O) groups excluding carboxylic acids is 1. The molecule has 0 bridgehead atoms. The van der Waals surface area contributed by atoms with Crippen LogP contribution in [0.3, 0.4) is 0 Å². The number of rotatable bonds is 9. The van der Waals surface area contributed by atoms with E-state index in [4.69, 9.17) is 21.3 Å². The second-order valence-corrected chi connectivity index (χ2v) is 13.6. The predicted molar refractivity (Wildman–Crippen MR) is 182 cm³/mol. The first kappa shape index (κ1) is 32.8. The molecule has 10 nitrogen and oxygen atoms in total. The molecule has 3 saturated heterocycles. The summed E-state index contributed by atoms with van der Waals surface area (Å²) in [6.07, 6.45) is 0.750. The molecule has 1 spiro atoms. The van der Waals surface area contributed by atoms with Crippen LogP contribution in [0.15, 0.2) is 37.1 Å². The zero-order valence-corrected chi connectivity index (χ0v) is 27.7. The lowest BCUT2D eigenvalue weighted by atomic mass is 9.72. The summed E-state index contributed by atoms with van der Waals surface area (Å²) in [6.45, 7) is 18.4. The molecule has 1 amide bonds. The molecule has 13 heteroatoms. The zero-order valence-electron chi connectivity index (χ0n) is 27.7. The standard InChI is InChI=1S/C36H39F3N8O2/c1-5-23-15-25-31(32(49-21-36(37,38)39)30(23)29-22(3)7-8-27-26(29)16-41-44-27)42-33(24-17-45(18-24)14-11-40-4)43-34(25)46-12-9-35(10-13-46)19-47(20-35)28(48)6-2/h6-8,15-16,24H,2,5,9-14,17-21H2,1,3H3,(H,41,44). The number of likely N-dealkylation sites (tertiary alicyclic amines) is 2. The van der Waals surface area contributed by atoms with Crippen LogP contribution in [-0.4, -0.2) is 101 Å². The van der Waals surface area contributed by atoms with Gasteiger partial charge in [-0.05, 0) is 61.1 Å². The molecule has 49 heavy (non-hydrogen) atoms. The minimum atomic E-state index is -4.57. The first-order valence-corrected chi connectivity index (χ1v) is 16.7. The average Bonchev–Trinajstić information content (AvgIpc) is 3.53. The van der Waals surface area contributed by atoms with Gasteiger partial charge in [-0.2, -0.15) is 18.3 Å². The number of aromatic nitrogens is 4. The number of hydrogen-bond donors (Lipinski definition) is 1. The smallest absolute Gasteiger partial charge is 0.422 e. The Morgan fingerprint density at radius 3 is 2.61 bits per heavy atom. The van der Waals surface area contributed by atoms with E-state index in [1.165, 1.54) is 6.08 Å². The van der Waals surface area contributed by atoms with E-state index in [0.29, 0.717) is 86.9 Å². The molecule has 3 aliphatic rings. The van der Waals surface area contributed by atoms with Crippen molar-refractivity contribution in [1.82, 2.24) is 30.0 Å². The van der Waals surface area contributed by atoms with E-state index >= 15 is 0 Å². The van der Waals surface area contributed by atoms with Gasteiger partial charge >= 0.3 is 6.18 Å². The van der Waals surface area contributed by atoms with Crippen LogP contribution in [-0.2, 0) is 11.2 Å². The van der Waals surface area contributed by atoms with Crippen molar-refractivity contribution in [2.45, 2.75) is 45.2 Å². The number of benzene rings is 2. The number of piperidine rings is 1. The third kappa shape index (κ3) is 6.07. The maximum Gasteiger partial charge on any atom is 0.422 e. The lowest BCUT2D eigenvalue weighted by Gasteiger charge is -2.54. The molecule has 0 aliphatic carbocycles. The number of fused-ring (bicyclic) bond motifs is 2. The number of ether oxygens (including phenoxy) is 1. The van der Waals surface area contributed by atoms with Crippen molar-refractivity contribution in [3.8, 4) is 16.9 Å². The van der Waals surface area contributed by atoms with Crippen molar-refractivity contribution in [1.29, 1.82) is 0 Å². The van der Waals surface area contributed by atoms with Crippen LogP contribution in [0, 0.1) is 18.9 Å². The number of halogens is 3.